The van der Waals surface area contributed by atoms with Crippen molar-refractivity contribution in [3.05, 3.63) is 33.8 Å². The highest BCUT2D eigenvalue weighted by molar-refractivity contribution is 6.35. The van der Waals surface area contributed by atoms with Crippen molar-refractivity contribution in [2.45, 2.75) is 19.0 Å². The number of hydrogen-bond donors (Lipinski definition) is 1. The first kappa shape index (κ1) is 11.7. The fourth-order valence-corrected chi connectivity index (χ4v) is 1.58. The molecule has 0 saturated heterocycles. The molecule has 1 aromatic rings. The molecule has 0 heterocycles. The number of aliphatic hydroxyl groups excluding tert-OH is 1. The van der Waals surface area contributed by atoms with Gasteiger partial charge in [0.05, 0.1) is 0 Å². The van der Waals surface area contributed by atoms with Gasteiger partial charge in [-0.25, -0.2) is 8.78 Å². The van der Waals surface area contributed by atoms with Crippen LogP contribution in [0.4, 0.5) is 8.78 Å². The van der Waals surface area contributed by atoms with E-state index in [1.54, 1.807) is 18.2 Å². The molecular formula is C9H8Cl2F2O. The van der Waals surface area contributed by atoms with E-state index in [2.05, 4.69) is 0 Å². The van der Waals surface area contributed by atoms with Gasteiger partial charge < -0.3 is 5.11 Å². The molecule has 1 atom stereocenters. The van der Waals surface area contributed by atoms with Crippen LogP contribution in [0.3, 0.4) is 0 Å². The maximum absolute atomic E-state index is 12.0. The summed E-state index contributed by atoms with van der Waals surface area (Å²) in [5, 5.41) is 9.54. The van der Waals surface area contributed by atoms with Crippen LogP contribution in [-0.2, 0) is 6.42 Å². The third kappa shape index (κ3) is 2.80. The average molecular weight is 241 g/mol. The van der Waals surface area contributed by atoms with Crippen molar-refractivity contribution in [3.8, 4) is 0 Å². The van der Waals surface area contributed by atoms with E-state index < -0.39 is 12.5 Å². The summed E-state index contributed by atoms with van der Waals surface area (Å²) in [6, 6.07) is 4.70. The molecule has 0 spiro atoms. The quantitative estimate of drug-likeness (QED) is 0.861. The van der Waals surface area contributed by atoms with Crippen molar-refractivity contribution in [3.63, 3.8) is 0 Å². The summed E-state index contributed by atoms with van der Waals surface area (Å²) in [5.41, 5.74) is 0.351. The van der Waals surface area contributed by atoms with E-state index >= 15 is 0 Å². The van der Waals surface area contributed by atoms with E-state index in [-0.39, 0.29) is 16.5 Å². The topological polar surface area (TPSA) is 20.2 Å². The largest absolute Gasteiger partial charge is 0.387 e. The van der Waals surface area contributed by atoms with Crippen LogP contribution in [0.1, 0.15) is 5.56 Å². The molecule has 0 saturated carbocycles. The molecule has 1 aromatic carbocycles. The van der Waals surface area contributed by atoms with Gasteiger partial charge in [-0.1, -0.05) is 29.3 Å². The molecule has 0 amide bonds. The van der Waals surface area contributed by atoms with E-state index in [0.29, 0.717) is 5.56 Å². The Morgan fingerprint density at radius 1 is 1.21 bits per heavy atom. The number of aliphatic hydroxyl groups is 1. The molecule has 0 aliphatic heterocycles. The summed E-state index contributed by atoms with van der Waals surface area (Å²) in [5.74, 6) is 0. The first-order valence-electron chi connectivity index (χ1n) is 3.91. The Labute approximate surface area is 90.3 Å². The third-order valence-corrected chi connectivity index (χ3v) is 2.47. The minimum Gasteiger partial charge on any atom is -0.387 e. The standard InChI is InChI=1S/C9H8Cl2F2O/c10-6-2-1-3-7(11)5(6)4-8(14)9(12)13/h1-3,8-9,14H,4H2. The SMILES string of the molecule is OC(Cc1c(Cl)cccc1Cl)C(F)F. The van der Waals surface area contributed by atoms with Crippen molar-refractivity contribution in [1.29, 1.82) is 0 Å². The molecule has 5 heteroatoms. The molecule has 0 radical (unpaired) electrons. The zero-order valence-electron chi connectivity index (χ0n) is 7.05. The maximum atomic E-state index is 12.0. The fraction of sp³-hybridized carbons (Fsp3) is 0.333. The molecular weight excluding hydrogens is 233 g/mol. The summed E-state index contributed by atoms with van der Waals surface area (Å²) in [4.78, 5) is 0. The summed E-state index contributed by atoms with van der Waals surface area (Å²) >= 11 is 11.5. The van der Waals surface area contributed by atoms with Crippen LogP contribution < -0.4 is 0 Å². The van der Waals surface area contributed by atoms with Gasteiger partial charge in [-0.3, -0.25) is 0 Å². The van der Waals surface area contributed by atoms with Gasteiger partial charge in [0.1, 0.15) is 6.10 Å². The van der Waals surface area contributed by atoms with Crippen LogP contribution >= 0.6 is 23.2 Å². The van der Waals surface area contributed by atoms with Crippen molar-refractivity contribution < 1.29 is 13.9 Å². The van der Waals surface area contributed by atoms with E-state index in [0.717, 1.165) is 0 Å². The first-order chi connectivity index (χ1) is 6.52. The van der Waals surface area contributed by atoms with Gasteiger partial charge in [0.15, 0.2) is 0 Å². The highest BCUT2D eigenvalue weighted by atomic mass is 35.5. The van der Waals surface area contributed by atoms with Crippen LogP contribution in [0, 0.1) is 0 Å². The zero-order chi connectivity index (χ0) is 10.7. The number of rotatable bonds is 3. The van der Waals surface area contributed by atoms with Crippen LogP contribution in [0.25, 0.3) is 0 Å². The van der Waals surface area contributed by atoms with E-state index in [1.165, 1.54) is 0 Å². The van der Waals surface area contributed by atoms with Gasteiger partial charge >= 0.3 is 0 Å². The Hall–Kier alpha value is -0.380. The summed E-state index contributed by atoms with van der Waals surface area (Å²) in [7, 11) is 0. The van der Waals surface area contributed by atoms with Crippen LogP contribution in [-0.4, -0.2) is 17.6 Å². The highest BCUT2D eigenvalue weighted by Crippen LogP contribution is 2.26. The van der Waals surface area contributed by atoms with Crippen molar-refractivity contribution in [2.24, 2.45) is 0 Å². The second kappa shape index (κ2) is 4.91. The van der Waals surface area contributed by atoms with Gasteiger partial charge in [-0.2, -0.15) is 0 Å². The van der Waals surface area contributed by atoms with Crippen molar-refractivity contribution >= 4 is 23.2 Å². The van der Waals surface area contributed by atoms with Crippen LogP contribution in [0.5, 0.6) is 0 Å². The van der Waals surface area contributed by atoms with Crippen LogP contribution in [0.15, 0.2) is 18.2 Å². The van der Waals surface area contributed by atoms with Gasteiger partial charge in [0, 0.05) is 16.5 Å². The Morgan fingerprint density at radius 3 is 2.14 bits per heavy atom. The summed E-state index contributed by atoms with van der Waals surface area (Å²) < 4.78 is 24.1. The molecule has 14 heavy (non-hydrogen) atoms. The molecule has 1 unspecified atom stereocenters. The summed E-state index contributed by atoms with van der Waals surface area (Å²) in [6.45, 7) is 0. The molecule has 0 aliphatic carbocycles. The van der Waals surface area contributed by atoms with E-state index in [4.69, 9.17) is 28.3 Å². The lowest BCUT2D eigenvalue weighted by molar-refractivity contribution is -0.00363. The number of halogens is 4. The third-order valence-electron chi connectivity index (χ3n) is 1.77. The van der Waals surface area contributed by atoms with E-state index in [9.17, 15) is 8.78 Å². The molecule has 0 aromatic heterocycles. The minimum atomic E-state index is -2.79. The fourth-order valence-electron chi connectivity index (χ4n) is 1.03. The predicted molar refractivity (Wildman–Crippen MR) is 52.2 cm³/mol. The number of hydrogen-bond acceptors (Lipinski definition) is 1. The Morgan fingerprint density at radius 2 is 1.71 bits per heavy atom. The molecule has 0 aliphatic rings. The number of alkyl halides is 2. The van der Waals surface area contributed by atoms with Crippen molar-refractivity contribution in [1.82, 2.24) is 0 Å². The lowest BCUT2D eigenvalue weighted by Crippen LogP contribution is -2.20. The number of benzene rings is 1. The lowest BCUT2D eigenvalue weighted by Gasteiger charge is -2.11. The van der Waals surface area contributed by atoms with Gasteiger partial charge in [-0.15, -0.1) is 0 Å². The average Bonchev–Trinajstić information content (AvgIpc) is 2.11. The molecule has 0 fully saturated rings. The highest BCUT2D eigenvalue weighted by Gasteiger charge is 2.19. The van der Waals surface area contributed by atoms with Crippen molar-refractivity contribution in [2.75, 3.05) is 0 Å². The molecule has 1 nitrogen and oxygen atoms in total. The molecule has 78 valence electrons. The smallest absolute Gasteiger partial charge is 0.264 e. The molecule has 0 bridgehead atoms. The van der Waals surface area contributed by atoms with Gasteiger partial charge in [0.2, 0.25) is 0 Å². The minimum absolute atomic E-state index is 0.240. The van der Waals surface area contributed by atoms with Crippen LogP contribution in [0.2, 0.25) is 10.0 Å². The molecule has 1 rings (SSSR count). The summed E-state index contributed by atoms with van der Waals surface area (Å²) in [6.07, 6.45) is -4.76. The monoisotopic (exact) mass is 240 g/mol. The molecule has 1 N–H and O–H groups in total. The predicted octanol–water partition coefficient (Wildman–Crippen LogP) is 3.16. The maximum Gasteiger partial charge on any atom is 0.264 e. The van der Waals surface area contributed by atoms with Gasteiger partial charge in [0.25, 0.3) is 6.43 Å². The Balaban J connectivity index is 2.85. The zero-order valence-corrected chi connectivity index (χ0v) is 8.56. The Kier molecular flexibility index (Phi) is 4.11. The first-order valence-corrected chi connectivity index (χ1v) is 4.67. The lowest BCUT2D eigenvalue weighted by atomic mass is 10.1. The van der Waals surface area contributed by atoms with Gasteiger partial charge in [-0.05, 0) is 17.7 Å². The Bertz CT molecular complexity index is 297. The second-order valence-corrected chi connectivity index (χ2v) is 3.62. The second-order valence-electron chi connectivity index (χ2n) is 2.81. The van der Waals surface area contributed by atoms with E-state index in [1.807, 2.05) is 0 Å². The normalized spacial score (nSPS) is 13.3.